The number of aryl methyl sites for hydroxylation is 2. The molecule has 4 heterocycles. The van der Waals surface area contributed by atoms with Gasteiger partial charge in [0.2, 0.25) is 5.88 Å². The average molecular weight is 553 g/mol. The molecule has 0 radical (unpaired) electrons. The van der Waals surface area contributed by atoms with Crippen LogP contribution in [0, 0.1) is 6.92 Å². The summed E-state index contributed by atoms with van der Waals surface area (Å²) in [6.45, 7) is 10.7. The minimum atomic E-state index is -0.332. The molecule has 4 rings (SSSR count). The smallest absolute Gasteiger partial charge is 0.221 e. The van der Waals surface area contributed by atoms with Gasteiger partial charge in [-0.2, -0.15) is 10.2 Å². The number of ether oxygens (including phenoxy) is 3. The highest BCUT2D eigenvalue weighted by atomic mass is 16.5. The minimum absolute atomic E-state index is 0.0963. The van der Waals surface area contributed by atoms with E-state index in [1.165, 1.54) is 0 Å². The zero-order valence-corrected chi connectivity index (χ0v) is 24.3. The lowest BCUT2D eigenvalue weighted by Crippen LogP contribution is -2.42. The van der Waals surface area contributed by atoms with Crippen molar-refractivity contribution in [1.29, 1.82) is 0 Å². The number of allylic oxidation sites excluding steroid dienone is 1. The molecule has 0 aromatic carbocycles. The van der Waals surface area contributed by atoms with Crippen LogP contribution in [-0.2, 0) is 23.1 Å². The van der Waals surface area contributed by atoms with Crippen LogP contribution in [0.5, 0.6) is 5.88 Å². The molecule has 2 bridgehead atoms. The fourth-order valence-corrected chi connectivity index (χ4v) is 4.58. The van der Waals surface area contributed by atoms with Crippen molar-refractivity contribution in [2.75, 3.05) is 26.9 Å². The highest BCUT2D eigenvalue weighted by molar-refractivity contribution is 6.05. The second-order valence-electron chi connectivity index (χ2n) is 9.95. The van der Waals surface area contributed by atoms with Crippen LogP contribution < -0.4 is 15.8 Å². The second-order valence-corrected chi connectivity index (χ2v) is 9.95. The van der Waals surface area contributed by atoms with Crippen molar-refractivity contribution in [2.24, 2.45) is 17.8 Å². The molecule has 5 N–H and O–H groups in total. The lowest BCUT2D eigenvalue weighted by molar-refractivity contribution is 0.167. The van der Waals surface area contributed by atoms with Gasteiger partial charge in [0.1, 0.15) is 17.3 Å². The van der Waals surface area contributed by atoms with Crippen molar-refractivity contribution < 1.29 is 19.3 Å². The van der Waals surface area contributed by atoms with Gasteiger partial charge in [0.15, 0.2) is 5.88 Å². The third-order valence-electron chi connectivity index (χ3n) is 6.88. The number of pyridine rings is 1. The molecule has 1 aliphatic rings. The standard InChI is InChI=1S/C28H40N8O4/c1-8-39-27(29)19-9-10-21-20-11-22(32-17(4)26(20)34-33-21)25-24(14-38-7)35-36(6)28(25)40-18(5)16(3)30-12-23(19)31-15(2)13-37/h9-11,15-16,18,30,37H,8,12-14,29H2,1-7H3,(H,33,34)/b10-9+,27-19+,31-23?. The van der Waals surface area contributed by atoms with E-state index in [1.54, 1.807) is 11.8 Å². The van der Waals surface area contributed by atoms with Gasteiger partial charge < -0.3 is 30.4 Å². The highest BCUT2D eigenvalue weighted by Gasteiger charge is 2.26. The molecule has 0 aliphatic carbocycles. The first-order valence-corrected chi connectivity index (χ1v) is 13.5. The maximum atomic E-state index is 9.75. The maximum absolute atomic E-state index is 9.75. The molecule has 0 amide bonds. The molecule has 3 aromatic heterocycles. The number of hydrogen-bond acceptors (Lipinski definition) is 10. The molecule has 3 atom stereocenters. The van der Waals surface area contributed by atoms with Crippen molar-refractivity contribution in [1.82, 2.24) is 30.3 Å². The van der Waals surface area contributed by atoms with Crippen LogP contribution in [0.2, 0.25) is 0 Å². The van der Waals surface area contributed by atoms with Crippen molar-refractivity contribution in [3.8, 4) is 17.1 Å². The predicted octanol–water partition coefficient (Wildman–Crippen LogP) is 2.61. The van der Waals surface area contributed by atoms with E-state index in [0.29, 0.717) is 42.6 Å². The molecule has 3 unspecified atom stereocenters. The maximum Gasteiger partial charge on any atom is 0.221 e. The van der Waals surface area contributed by atoms with E-state index >= 15 is 0 Å². The van der Waals surface area contributed by atoms with E-state index in [2.05, 4.69) is 15.5 Å². The van der Waals surface area contributed by atoms with E-state index in [0.717, 1.165) is 33.5 Å². The zero-order valence-electron chi connectivity index (χ0n) is 24.3. The Bertz CT molecular complexity index is 1440. The van der Waals surface area contributed by atoms with Crippen LogP contribution in [-0.4, -0.2) is 80.8 Å². The molecule has 3 aromatic rings. The Balaban J connectivity index is 1.98. The third-order valence-corrected chi connectivity index (χ3v) is 6.88. The quantitative estimate of drug-likeness (QED) is 0.337. The molecule has 0 spiro atoms. The number of fused-ring (bicyclic) bond motifs is 3. The molecule has 12 nitrogen and oxygen atoms in total. The first-order chi connectivity index (χ1) is 19.2. The third kappa shape index (κ3) is 6.03. The molecule has 0 saturated heterocycles. The summed E-state index contributed by atoms with van der Waals surface area (Å²) in [6, 6.07) is 1.56. The van der Waals surface area contributed by atoms with Crippen molar-refractivity contribution in [3.63, 3.8) is 0 Å². The van der Waals surface area contributed by atoms with Crippen molar-refractivity contribution >= 4 is 22.7 Å². The van der Waals surface area contributed by atoms with E-state index in [1.807, 2.05) is 59.9 Å². The molecule has 216 valence electrons. The monoisotopic (exact) mass is 552 g/mol. The van der Waals surface area contributed by atoms with Crippen LogP contribution >= 0.6 is 0 Å². The van der Waals surface area contributed by atoms with Gasteiger partial charge in [-0.3, -0.25) is 15.1 Å². The first kappa shape index (κ1) is 29.2. The van der Waals surface area contributed by atoms with Gasteiger partial charge in [0, 0.05) is 32.1 Å². The topological polar surface area (TPSA) is 158 Å². The zero-order chi connectivity index (χ0) is 29.0. The van der Waals surface area contributed by atoms with Crippen LogP contribution in [0.15, 0.2) is 28.6 Å². The van der Waals surface area contributed by atoms with Gasteiger partial charge in [-0.05, 0) is 52.8 Å². The number of rotatable bonds is 6. The summed E-state index contributed by atoms with van der Waals surface area (Å²) in [5.74, 6) is 0.842. The Kier molecular flexibility index (Phi) is 9.23. The fourth-order valence-electron chi connectivity index (χ4n) is 4.58. The van der Waals surface area contributed by atoms with Crippen molar-refractivity contribution in [3.05, 3.63) is 40.7 Å². The number of aliphatic hydroxyl groups is 1. The van der Waals surface area contributed by atoms with Gasteiger partial charge >= 0.3 is 0 Å². The SMILES string of the molecule is CCO/C(N)=C1\C=C\c2[nH]nc3c(C)nc(cc23)-c2c(COC)nn(C)c2OC(C)C(C)NCC1=NC(C)CO. The van der Waals surface area contributed by atoms with Gasteiger partial charge in [0.25, 0.3) is 0 Å². The summed E-state index contributed by atoms with van der Waals surface area (Å²) in [4.78, 5) is 9.65. The summed E-state index contributed by atoms with van der Waals surface area (Å²) < 4.78 is 19.4. The number of aromatic nitrogens is 5. The van der Waals surface area contributed by atoms with Gasteiger partial charge in [-0.25, -0.2) is 4.68 Å². The summed E-state index contributed by atoms with van der Waals surface area (Å²) in [5, 5.41) is 26.5. The molecule has 1 aliphatic heterocycles. The largest absolute Gasteiger partial charge is 0.479 e. The second kappa shape index (κ2) is 12.6. The van der Waals surface area contributed by atoms with Crippen LogP contribution in [0.4, 0.5) is 0 Å². The molecule has 40 heavy (non-hydrogen) atoms. The lowest BCUT2D eigenvalue weighted by atomic mass is 10.1. The fraction of sp³-hybridized carbons (Fsp3) is 0.500. The molecular weight excluding hydrogens is 512 g/mol. The van der Waals surface area contributed by atoms with E-state index < -0.39 is 0 Å². The van der Waals surface area contributed by atoms with Gasteiger partial charge in [0.05, 0.1) is 59.8 Å². The Morgan fingerprint density at radius 3 is 2.83 bits per heavy atom. The predicted molar refractivity (Wildman–Crippen MR) is 155 cm³/mol. The van der Waals surface area contributed by atoms with Gasteiger partial charge in [-0.1, -0.05) is 0 Å². The highest BCUT2D eigenvalue weighted by Crippen LogP contribution is 2.36. The van der Waals surface area contributed by atoms with E-state index in [9.17, 15) is 5.11 Å². The Morgan fingerprint density at radius 2 is 2.12 bits per heavy atom. The molecular formula is C28H40N8O4. The number of hydrogen-bond donors (Lipinski definition) is 4. The van der Waals surface area contributed by atoms with Crippen LogP contribution in [0.25, 0.3) is 28.2 Å². The number of methoxy groups -OCH3 is 1. The molecule has 0 fully saturated rings. The van der Waals surface area contributed by atoms with Crippen LogP contribution in [0.1, 0.15) is 44.8 Å². The Hall–Kier alpha value is -3.74. The number of aliphatic hydroxyl groups excluding tert-OH is 1. The van der Waals surface area contributed by atoms with Crippen LogP contribution in [0.3, 0.4) is 0 Å². The number of aliphatic imine (C=N–C) groups is 1. The summed E-state index contributed by atoms with van der Waals surface area (Å²) in [6.07, 6.45) is 3.52. The number of nitrogens with zero attached hydrogens (tertiary/aromatic N) is 5. The van der Waals surface area contributed by atoms with E-state index in [4.69, 9.17) is 35.0 Å². The number of nitrogens with one attached hydrogen (secondary N) is 2. The number of nitrogens with two attached hydrogens (primary N) is 1. The van der Waals surface area contributed by atoms with Gasteiger partial charge in [-0.15, -0.1) is 0 Å². The lowest BCUT2D eigenvalue weighted by Gasteiger charge is -2.24. The minimum Gasteiger partial charge on any atom is -0.479 e. The molecule has 0 saturated carbocycles. The van der Waals surface area contributed by atoms with E-state index in [-0.39, 0.29) is 30.7 Å². The molecule has 12 heteroatoms. The average Bonchev–Trinajstić information content (AvgIpc) is 3.47. The normalized spacial score (nSPS) is 21.9. The first-order valence-electron chi connectivity index (χ1n) is 13.5. The summed E-state index contributed by atoms with van der Waals surface area (Å²) in [7, 11) is 3.49. The number of aromatic amines is 1. The summed E-state index contributed by atoms with van der Waals surface area (Å²) in [5.41, 5.74) is 12.2. The summed E-state index contributed by atoms with van der Waals surface area (Å²) >= 11 is 0. The number of H-pyrrole nitrogens is 1. The van der Waals surface area contributed by atoms with Crippen molar-refractivity contribution in [2.45, 2.75) is 59.4 Å². The Morgan fingerprint density at radius 1 is 1.35 bits per heavy atom. The Labute approximate surface area is 234 Å².